The monoisotopic (exact) mass is 176 g/mol. The Morgan fingerprint density at radius 3 is 2.00 bits per heavy atom. The van der Waals surface area contributed by atoms with Gasteiger partial charge in [0.1, 0.15) is 5.41 Å². The zero-order valence-electron chi connectivity index (χ0n) is 6.35. The van der Waals surface area contributed by atoms with E-state index in [9.17, 15) is 18.0 Å². The van der Waals surface area contributed by atoms with Crippen LogP contribution in [0.4, 0.5) is 13.2 Å². The van der Waals surface area contributed by atoms with Crippen LogP contribution in [0.3, 0.4) is 0 Å². The van der Waals surface area contributed by atoms with Gasteiger partial charge in [-0.2, -0.15) is 13.2 Å². The molecule has 1 nitrogen and oxygen atoms in total. The number of carbonyl (C=O) groups is 1. The molecule has 0 unspecified atom stereocenters. The highest BCUT2D eigenvalue weighted by atomic mass is 19.4. The van der Waals surface area contributed by atoms with Crippen LogP contribution in [0.2, 0.25) is 0 Å². The van der Waals surface area contributed by atoms with E-state index in [1.54, 1.807) is 0 Å². The normalized spacial score (nSPS) is 21.5. The Bertz CT molecular complexity index is 244. The molecule has 0 bridgehead atoms. The number of rotatable bonds is 0. The largest absolute Gasteiger partial charge is 0.400 e. The quantitative estimate of drug-likeness (QED) is 0.553. The van der Waals surface area contributed by atoms with Crippen molar-refractivity contribution in [1.82, 2.24) is 0 Å². The fourth-order valence-electron chi connectivity index (χ4n) is 0.811. The van der Waals surface area contributed by atoms with Crippen LogP contribution in [0.5, 0.6) is 0 Å². The van der Waals surface area contributed by atoms with Crippen LogP contribution >= 0.6 is 0 Å². The van der Waals surface area contributed by atoms with Crippen molar-refractivity contribution >= 4 is 5.78 Å². The van der Waals surface area contributed by atoms with Crippen LogP contribution in [-0.4, -0.2) is 12.0 Å². The van der Waals surface area contributed by atoms with E-state index in [2.05, 4.69) is 0 Å². The van der Waals surface area contributed by atoms with Gasteiger partial charge < -0.3 is 0 Å². The van der Waals surface area contributed by atoms with Gasteiger partial charge in [-0.1, -0.05) is 12.2 Å². The molecule has 1 aliphatic rings. The lowest BCUT2D eigenvalue weighted by Crippen LogP contribution is -2.32. The average Bonchev–Trinajstić information content (AvgIpc) is 1.93. The van der Waals surface area contributed by atoms with E-state index in [0.29, 0.717) is 0 Å². The smallest absolute Gasteiger partial charge is 0.290 e. The molecule has 0 aromatic rings. The number of carbonyl (C=O) groups excluding carboxylic acids is 1. The highest BCUT2D eigenvalue weighted by Crippen LogP contribution is 2.41. The molecule has 0 atom stereocenters. The molecule has 0 aliphatic heterocycles. The molecular formula is C8H7F3O. The van der Waals surface area contributed by atoms with Gasteiger partial charge in [0.15, 0.2) is 5.78 Å². The van der Waals surface area contributed by atoms with Crippen molar-refractivity contribution in [2.24, 2.45) is 5.41 Å². The lowest BCUT2D eigenvalue weighted by Gasteiger charge is -2.26. The van der Waals surface area contributed by atoms with E-state index in [1.807, 2.05) is 0 Å². The number of hydrogen-bond acceptors (Lipinski definition) is 1. The van der Waals surface area contributed by atoms with Gasteiger partial charge in [0.2, 0.25) is 0 Å². The van der Waals surface area contributed by atoms with Gasteiger partial charge in [-0.3, -0.25) is 4.79 Å². The number of ketones is 1. The summed E-state index contributed by atoms with van der Waals surface area (Å²) in [5.74, 6) is -0.406. The summed E-state index contributed by atoms with van der Waals surface area (Å²) in [5.41, 5.74) is -1.99. The lowest BCUT2D eigenvalue weighted by atomic mass is 9.85. The van der Waals surface area contributed by atoms with Gasteiger partial charge in [-0.15, -0.1) is 0 Å². The first-order valence-corrected chi connectivity index (χ1v) is 3.34. The van der Waals surface area contributed by atoms with E-state index in [-0.39, 0.29) is 0 Å². The molecule has 0 radical (unpaired) electrons. The highest BCUT2D eigenvalue weighted by Gasteiger charge is 2.48. The summed E-state index contributed by atoms with van der Waals surface area (Å²) < 4.78 is 36.7. The summed E-state index contributed by atoms with van der Waals surface area (Å²) in [6, 6.07) is 0. The molecule has 0 spiro atoms. The van der Waals surface area contributed by atoms with Gasteiger partial charge in [0.25, 0.3) is 0 Å². The maximum absolute atomic E-state index is 12.2. The van der Waals surface area contributed by atoms with Crippen molar-refractivity contribution in [2.75, 3.05) is 0 Å². The van der Waals surface area contributed by atoms with Crippen LogP contribution < -0.4 is 0 Å². The second-order valence-electron chi connectivity index (χ2n) is 2.85. The predicted octanol–water partition coefficient (Wildman–Crippen LogP) is 2.25. The Balaban J connectivity index is 2.97. The topological polar surface area (TPSA) is 17.1 Å². The van der Waals surface area contributed by atoms with Crippen LogP contribution in [0, 0.1) is 5.41 Å². The lowest BCUT2D eigenvalue weighted by molar-refractivity contribution is -0.183. The van der Waals surface area contributed by atoms with E-state index in [4.69, 9.17) is 0 Å². The van der Waals surface area contributed by atoms with Crippen molar-refractivity contribution in [3.63, 3.8) is 0 Å². The van der Waals surface area contributed by atoms with Crippen molar-refractivity contribution < 1.29 is 18.0 Å². The fraction of sp³-hybridized carbons (Fsp3) is 0.375. The molecule has 1 rings (SSSR count). The fourth-order valence-corrected chi connectivity index (χ4v) is 0.811. The Kier molecular flexibility index (Phi) is 1.86. The SMILES string of the molecule is CC1(C(F)(F)F)C=CC(=O)C=C1. The van der Waals surface area contributed by atoms with E-state index in [1.165, 1.54) is 0 Å². The van der Waals surface area contributed by atoms with E-state index >= 15 is 0 Å². The van der Waals surface area contributed by atoms with Crippen molar-refractivity contribution in [2.45, 2.75) is 13.1 Å². The molecule has 0 saturated carbocycles. The van der Waals surface area contributed by atoms with Crippen molar-refractivity contribution in [1.29, 1.82) is 0 Å². The first-order chi connectivity index (χ1) is 5.35. The summed E-state index contributed by atoms with van der Waals surface area (Å²) in [6.07, 6.45) is -0.716. The molecule has 0 saturated heterocycles. The van der Waals surface area contributed by atoms with Gasteiger partial charge in [-0.05, 0) is 19.1 Å². The molecule has 0 heterocycles. The Morgan fingerprint density at radius 1 is 1.25 bits per heavy atom. The minimum atomic E-state index is -4.33. The third kappa shape index (κ3) is 1.42. The molecule has 0 aromatic heterocycles. The Hall–Kier alpha value is -1.06. The van der Waals surface area contributed by atoms with E-state index in [0.717, 1.165) is 31.2 Å². The van der Waals surface area contributed by atoms with Gasteiger partial charge in [0.05, 0.1) is 0 Å². The zero-order chi connectivity index (χ0) is 9.41. The summed E-state index contributed by atoms with van der Waals surface area (Å²) in [6.45, 7) is 1.02. The average molecular weight is 176 g/mol. The Morgan fingerprint density at radius 2 is 1.67 bits per heavy atom. The molecule has 4 heteroatoms. The highest BCUT2D eigenvalue weighted by molar-refractivity contribution is 6.00. The van der Waals surface area contributed by atoms with Crippen LogP contribution in [0.15, 0.2) is 24.3 Å². The van der Waals surface area contributed by atoms with Crippen LogP contribution in [0.1, 0.15) is 6.92 Å². The first kappa shape index (κ1) is 9.03. The molecular weight excluding hydrogens is 169 g/mol. The maximum atomic E-state index is 12.2. The van der Waals surface area contributed by atoms with Gasteiger partial charge in [0, 0.05) is 0 Å². The summed E-state index contributed by atoms with van der Waals surface area (Å²) >= 11 is 0. The molecule has 12 heavy (non-hydrogen) atoms. The van der Waals surface area contributed by atoms with E-state index < -0.39 is 17.4 Å². The van der Waals surface area contributed by atoms with Crippen molar-refractivity contribution in [3.05, 3.63) is 24.3 Å². The number of halogens is 3. The second-order valence-corrected chi connectivity index (χ2v) is 2.85. The zero-order valence-corrected chi connectivity index (χ0v) is 6.35. The molecule has 0 amide bonds. The van der Waals surface area contributed by atoms with Gasteiger partial charge >= 0.3 is 6.18 Å². The molecule has 0 fully saturated rings. The molecule has 0 N–H and O–H groups in total. The minimum absolute atomic E-state index is 0.406. The predicted molar refractivity (Wildman–Crippen MR) is 37.4 cm³/mol. The summed E-state index contributed by atoms with van der Waals surface area (Å²) in [5, 5.41) is 0. The summed E-state index contributed by atoms with van der Waals surface area (Å²) in [7, 11) is 0. The third-order valence-electron chi connectivity index (χ3n) is 1.80. The Labute approximate surface area is 67.6 Å². The molecule has 66 valence electrons. The minimum Gasteiger partial charge on any atom is -0.290 e. The number of alkyl halides is 3. The molecule has 0 aromatic carbocycles. The number of allylic oxidation sites excluding steroid dienone is 4. The maximum Gasteiger partial charge on any atom is 0.400 e. The molecule has 1 aliphatic carbocycles. The first-order valence-electron chi connectivity index (χ1n) is 3.34. The van der Waals surface area contributed by atoms with Crippen molar-refractivity contribution in [3.8, 4) is 0 Å². The van der Waals surface area contributed by atoms with Crippen LogP contribution in [0.25, 0.3) is 0 Å². The second kappa shape index (κ2) is 2.47. The summed E-state index contributed by atoms with van der Waals surface area (Å²) in [4.78, 5) is 10.5. The van der Waals surface area contributed by atoms with Crippen LogP contribution in [-0.2, 0) is 4.79 Å². The standard InChI is InChI=1S/C8H7F3O/c1-7(8(9,10)11)4-2-6(12)3-5-7/h2-5H,1H3. The van der Waals surface area contributed by atoms with Gasteiger partial charge in [-0.25, -0.2) is 0 Å². The third-order valence-corrected chi connectivity index (χ3v) is 1.80. The number of hydrogen-bond donors (Lipinski definition) is 0.